The molecule has 102 valence electrons. The molecule has 1 heterocycles. The number of hydrogen-bond donors (Lipinski definition) is 2. The van der Waals surface area contributed by atoms with Crippen molar-refractivity contribution in [3.63, 3.8) is 0 Å². The van der Waals surface area contributed by atoms with Crippen LogP contribution in [0.25, 0.3) is 0 Å². The Balaban J connectivity index is 0.00000289. The average molecular weight is 380 g/mol. The van der Waals surface area contributed by atoms with E-state index in [2.05, 4.69) is 34.1 Å². The summed E-state index contributed by atoms with van der Waals surface area (Å²) < 4.78 is 0. The molecule has 1 aromatic heterocycles. The fourth-order valence-electron chi connectivity index (χ4n) is 1.30. The first-order valence-electron chi connectivity index (χ1n) is 5.79. The third-order valence-corrected chi connectivity index (χ3v) is 3.42. The van der Waals surface area contributed by atoms with E-state index in [4.69, 9.17) is 0 Å². The molecule has 0 spiro atoms. The molecule has 0 amide bonds. The van der Waals surface area contributed by atoms with Gasteiger partial charge in [-0.05, 0) is 6.42 Å². The zero-order valence-corrected chi connectivity index (χ0v) is 14.0. The lowest BCUT2D eigenvalue weighted by Gasteiger charge is -2.09. The van der Waals surface area contributed by atoms with Gasteiger partial charge in [-0.25, -0.2) is 4.98 Å². The second kappa shape index (κ2) is 10.3. The van der Waals surface area contributed by atoms with E-state index < -0.39 is 0 Å². The highest BCUT2D eigenvalue weighted by Crippen LogP contribution is 2.13. The summed E-state index contributed by atoms with van der Waals surface area (Å²) in [5, 5.41) is 7.54. The van der Waals surface area contributed by atoms with Gasteiger partial charge >= 0.3 is 0 Å². The number of aliphatic imine (C=N–C) groups is 1. The highest BCUT2D eigenvalue weighted by atomic mass is 127. The first kappa shape index (κ1) is 17.4. The largest absolute Gasteiger partial charge is 0.356 e. The quantitative estimate of drug-likeness (QED) is 0.344. The van der Waals surface area contributed by atoms with Crippen LogP contribution in [0.2, 0.25) is 0 Å². The fourth-order valence-corrected chi connectivity index (χ4v) is 2.17. The maximum Gasteiger partial charge on any atom is 0.191 e. The molecule has 0 aromatic carbocycles. The summed E-state index contributed by atoms with van der Waals surface area (Å²) in [6.07, 6.45) is 5.76. The van der Waals surface area contributed by atoms with Crippen molar-refractivity contribution >= 4 is 41.3 Å². The number of rotatable bonds is 6. The van der Waals surface area contributed by atoms with Gasteiger partial charge in [0.25, 0.3) is 0 Å². The predicted molar refractivity (Wildman–Crippen MR) is 90.2 cm³/mol. The molecule has 0 radical (unpaired) electrons. The van der Waals surface area contributed by atoms with Crippen molar-refractivity contribution in [3.8, 4) is 0 Å². The molecule has 0 unspecified atom stereocenters. The Morgan fingerprint density at radius 2 is 2.33 bits per heavy atom. The molecule has 1 rings (SSSR count). The van der Waals surface area contributed by atoms with Crippen LogP contribution in [0.4, 0.5) is 0 Å². The molecule has 0 saturated carbocycles. The molecule has 1 aromatic rings. The summed E-state index contributed by atoms with van der Waals surface area (Å²) in [5.74, 6) is 0.803. The minimum absolute atomic E-state index is 0. The van der Waals surface area contributed by atoms with Crippen molar-refractivity contribution in [1.29, 1.82) is 0 Å². The van der Waals surface area contributed by atoms with Crippen molar-refractivity contribution in [2.75, 3.05) is 20.1 Å². The van der Waals surface area contributed by atoms with E-state index in [1.165, 1.54) is 9.88 Å². The van der Waals surface area contributed by atoms with Gasteiger partial charge in [-0.3, -0.25) is 4.99 Å². The average Bonchev–Trinajstić information content (AvgIpc) is 2.81. The van der Waals surface area contributed by atoms with E-state index in [-0.39, 0.29) is 24.0 Å². The molecule has 0 aliphatic rings. The summed E-state index contributed by atoms with van der Waals surface area (Å²) in [6.45, 7) is 7.36. The van der Waals surface area contributed by atoms with E-state index in [0.717, 1.165) is 31.9 Å². The number of aromatic nitrogens is 1. The van der Waals surface area contributed by atoms with Gasteiger partial charge in [-0.1, -0.05) is 13.0 Å². The van der Waals surface area contributed by atoms with Crippen LogP contribution in [-0.2, 0) is 12.8 Å². The predicted octanol–water partition coefficient (Wildman–Crippen LogP) is 2.22. The van der Waals surface area contributed by atoms with Gasteiger partial charge in [0, 0.05) is 37.6 Å². The Bertz CT molecular complexity index is 376. The zero-order valence-electron chi connectivity index (χ0n) is 10.9. The molecule has 0 bridgehead atoms. The zero-order chi connectivity index (χ0) is 12.5. The van der Waals surface area contributed by atoms with E-state index in [0.29, 0.717) is 0 Å². The molecule has 6 heteroatoms. The number of guanidine groups is 1. The maximum atomic E-state index is 4.37. The van der Waals surface area contributed by atoms with Crippen LogP contribution in [0, 0.1) is 0 Å². The molecule has 0 aliphatic carbocycles. The summed E-state index contributed by atoms with van der Waals surface area (Å²) in [4.78, 5) is 9.82. The van der Waals surface area contributed by atoms with Gasteiger partial charge in [0.1, 0.15) is 0 Å². The second-order valence-corrected chi connectivity index (χ2v) is 4.69. The van der Waals surface area contributed by atoms with Crippen molar-refractivity contribution in [3.05, 3.63) is 28.7 Å². The fraction of sp³-hybridized carbons (Fsp3) is 0.500. The molecular formula is C12H21IN4S. The van der Waals surface area contributed by atoms with E-state index in [1.54, 1.807) is 24.5 Å². The van der Waals surface area contributed by atoms with Gasteiger partial charge in [0.2, 0.25) is 0 Å². The van der Waals surface area contributed by atoms with Gasteiger partial charge in [-0.2, -0.15) is 0 Å². The van der Waals surface area contributed by atoms with Crippen LogP contribution in [-0.4, -0.2) is 31.1 Å². The van der Waals surface area contributed by atoms with Gasteiger partial charge in [0.15, 0.2) is 5.96 Å². The highest BCUT2D eigenvalue weighted by molar-refractivity contribution is 14.0. The summed E-state index contributed by atoms with van der Waals surface area (Å²) in [5.41, 5.74) is 0. The number of nitrogens with one attached hydrogen (secondary N) is 2. The maximum absolute atomic E-state index is 4.37. The number of halogens is 1. The third kappa shape index (κ3) is 6.34. The highest BCUT2D eigenvalue weighted by Gasteiger charge is 2.01. The number of nitrogens with zero attached hydrogens (tertiary/aromatic N) is 2. The van der Waals surface area contributed by atoms with E-state index >= 15 is 0 Å². The van der Waals surface area contributed by atoms with Gasteiger partial charge in [-0.15, -0.1) is 41.9 Å². The topological polar surface area (TPSA) is 49.3 Å². The molecular weight excluding hydrogens is 359 g/mol. The molecule has 0 saturated heterocycles. The lowest BCUT2D eigenvalue weighted by Crippen LogP contribution is -2.38. The Labute approximate surface area is 130 Å². The minimum Gasteiger partial charge on any atom is -0.356 e. The van der Waals surface area contributed by atoms with E-state index in [1.807, 2.05) is 6.20 Å². The van der Waals surface area contributed by atoms with Crippen LogP contribution in [0.5, 0.6) is 0 Å². The van der Waals surface area contributed by atoms with Gasteiger partial charge < -0.3 is 10.6 Å². The molecule has 0 fully saturated rings. The number of aryl methyl sites for hydroxylation is 1. The van der Waals surface area contributed by atoms with Crippen LogP contribution in [0.3, 0.4) is 0 Å². The summed E-state index contributed by atoms with van der Waals surface area (Å²) >= 11 is 1.78. The molecule has 2 N–H and O–H groups in total. The number of thiazole rings is 1. The van der Waals surface area contributed by atoms with Crippen LogP contribution >= 0.6 is 35.3 Å². The number of hydrogen-bond acceptors (Lipinski definition) is 3. The molecule has 0 aliphatic heterocycles. The molecule has 4 nitrogen and oxygen atoms in total. The first-order valence-corrected chi connectivity index (χ1v) is 6.60. The lowest BCUT2D eigenvalue weighted by atomic mass is 10.4. The Kier molecular flexibility index (Phi) is 9.95. The molecule has 18 heavy (non-hydrogen) atoms. The summed E-state index contributed by atoms with van der Waals surface area (Å²) in [7, 11) is 1.76. The van der Waals surface area contributed by atoms with Gasteiger partial charge in [0.05, 0.1) is 5.01 Å². The van der Waals surface area contributed by atoms with Crippen LogP contribution in [0.1, 0.15) is 16.8 Å². The van der Waals surface area contributed by atoms with Crippen LogP contribution < -0.4 is 10.6 Å². The standard InChI is InChI=1S/C12H20N4S.HI/c1-4-7-14-12(13-3)15-8-6-11-16-9-10(5-2)17-11;/h4,9H,1,5-8H2,2-3H3,(H2,13,14,15);1H. The monoisotopic (exact) mass is 380 g/mol. The summed E-state index contributed by atoms with van der Waals surface area (Å²) in [6, 6.07) is 0. The van der Waals surface area contributed by atoms with Crippen molar-refractivity contribution < 1.29 is 0 Å². The van der Waals surface area contributed by atoms with Crippen molar-refractivity contribution in [2.45, 2.75) is 19.8 Å². The SMILES string of the molecule is C=CCNC(=NC)NCCc1ncc(CC)s1.I. The Morgan fingerprint density at radius 3 is 2.89 bits per heavy atom. The molecule has 0 atom stereocenters. The second-order valence-electron chi connectivity index (χ2n) is 3.49. The van der Waals surface area contributed by atoms with Crippen LogP contribution in [0.15, 0.2) is 23.8 Å². The van der Waals surface area contributed by atoms with Crippen molar-refractivity contribution in [2.24, 2.45) is 4.99 Å². The normalized spacial score (nSPS) is 10.7. The van der Waals surface area contributed by atoms with Crippen molar-refractivity contribution in [1.82, 2.24) is 15.6 Å². The van der Waals surface area contributed by atoms with E-state index in [9.17, 15) is 0 Å². The third-order valence-electron chi connectivity index (χ3n) is 2.22. The first-order chi connectivity index (χ1) is 8.30. The minimum atomic E-state index is 0. The Morgan fingerprint density at radius 1 is 1.56 bits per heavy atom. The lowest BCUT2D eigenvalue weighted by molar-refractivity contribution is 0.817. The smallest absolute Gasteiger partial charge is 0.191 e. The Hall–Kier alpha value is -0.630.